The Morgan fingerprint density at radius 2 is 2.00 bits per heavy atom. The van der Waals surface area contributed by atoms with Crippen molar-refractivity contribution >= 4 is 11.6 Å². The van der Waals surface area contributed by atoms with E-state index < -0.39 is 0 Å². The minimum atomic E-state index is -0.270. The third-order valence-electron chi connectivity index (χ3n) is 2.83. The summed E-state index contributed by atoms with van der Waals surface area (Å²) in [5.41, 5.74) is 2.51. The second-order valence-corrected chi connectivity index (χ2v) is 4.23. The number of carbonyl (C=O) groups is 1. The van der Waals surface area contributed by atoms with E-state index in [0.717, 1.165) is 11.3 Å². The normalized spacial score (nSPS) is 10.2. The molecule has 0 unspecified atom stereocenters. The highest BCUT2D eigenvalue weighted by molar-refractivity contribution is 6.02. The van der Waals surface area contributed by atoms with Gasteiger partial charge in [-0.3, -0.25) is 9.78 Å². The van der Waals surface area contributed by atoms with Crippen LogP contribution in [0.5, 0.6) is 0 Å². The standard InChI is InChI=1S/C16H12N2O2/c19-16(15-8-4-10-20-15)18-13-6-3-5-12(11-13)14-7-1-2-9-17-14/h1-11H,(H,18,19). The molecule has 1 amide bonds. The van der Waals surface area contributed by atoms with E-state index in [1.165, 1.54) is 6.26 Å². The summed E-state index contributed by atoms with van der Waals surface area (Å²) in [5.74, 6) is 0.0152. The van der Waals surface area contributed by atoms with Gasteiger partial charge in [0.2, 0.25) is 0 Å². The molecule has 0 bridgehead atoms. The number of amides is 1. The molecule has 2 heterocycles. The molecule has 0 aliphatic heterocycles. The lowest BCUT2D eigenvalue weighted by Crippen LogP contribution is -2.10. The first-order valence-corrected chi connectivity index (χ1v) is 6.19. The monoisotopic (exact) mass is 264 g/mol. The first-order valence-electron chi connectivity index (χ1n) is 6.19. The van der Waals surface area contributed by atoms with Crippen molar-refractivity contribution < 1.29 is 9.21 Å². The van der Waals surface area contributed by atoms with Crippen molar-refractivity contribution in [1.29, 1.82) is 0 Å². The second kappa shape index (κ2) is 5.40. The van der Waals surface area contributed by atoms with E-state index in [9.17, 15) is 4.79 Å². The van der Waals surface area contributed by atoms with Crippen molar-refractivity contribution in [2.24, 2.45) is 0 Å². The van der Waals surface area contributed by atoms with Crippen LogP contribution in [0.25, 0.3) is 11.3 Å². The molecule has 2 aromatic heterocycles. The minimum Gasteiger partial charge on any atom is -0.459 e. The Labute approximate surface area is 116 Å². The highest BCUT2D eigenvalue weighted by Gasteiger charge is 2.09. The lowest BCUT2D eigenvalue weighted by Gasteiger charge is -2.06. The van der Waals surface area contributed by atoms with Crippen molar-refractivity contribution in [3.05, 3.63) is 72.8 Å². The maximum Gasteiger partial charge on any atom is 0.291 e. The molecule has 0 aliphatic rings. The summed E-state index contributed by atoms with van der Waals surface area (Å²) in [5, 5.41) is 2.79. The number of hydrogen-bond acceptors (Lipinski definition) is 3. The molecule has 98 valence electrons. The number of anilines is 1. The fraction of sp³-hybridized carbons (Fsp3) is 0. The zero-order valence-corrected chi connectivity index (χ0v) is 10.6. The Morgan fingerprint density at radius 3 is 2.75 bits per heavy atom. The van der Waals surface area contributed by atoms with Crippen molar-refractivity contribution in [1.82, 2.24) is 4.98 Å². The van der Waals surface area contributed by atoms with Crippen molar-refractivity contribution in [2.45, 2.75) is 0 Å². The highest BCUT2D eigenvalue weighted by Crippen LogP contribution is 2.20. The molecule has 0 fully saturated rings. The number of rotatable bonds is 3. The van der Waals surface area contributed by atoms with E-state index in [1.807, 2.05) is 42.5 Å². The van der Waals surface area contributed by atoms with Gasteiger partial charge in [0.1, 0.15) is 0 Å². The van der Waals surface area contributed by atoms with Gasteiger partial charge in [0.25, 0.3) is 5.91 Å². The van der Waals surface area contributed by atoms with Crippen LogP contribution in [0.2, 0.25) is 0 Å². The lowest BCUT2D eigenvalue weighted by atomic mass is 10.1. The predicted molar refractivity (Wildman–Crippen MR) is 76.3 cm³/mol. The number of benzene rings is 1. The van der Waals surface area contributed by atoms with Gasteiger partial charge in [-0.25, -0.2) is 0 Å². The highest BCUT2D eigenvalue weighted by atomic mass is 16.3. The van der Waals surface area contributed by atoms with Crippen LogP contribution in [-0.2, 0) is 0 Å². The van der Waals surface area contributed by atoms with Gasteiger partial charge < -0.3 is 9.73 Å². The fourth-order valence-electron chi connectivity index (χ4n) is 1.89. The number of nitrogens with zero attached hydrogens (tertiary/aromatic N) is 1. The number of carbonyl (C=O) groups excluding carboxylic acids is 1. The van der Waals surface area contributed by atoms with E-state index in [2.05, 4.69) is 10.3 Å². The Bertz CT molecular complexity index is 706. The molecule has 4 nitrogen and oxygen atoms in total. The summed E-state index contributed by atoms with van der Waals surface area (Å²) in [6.45, 7) is 0. The molecular formula is C16H12N2O2. The van der Waals surface area contributed by atoms with E-state index in [0.29, 0.717) is 5.69 Å². The Morgan fingerprint density at radius 1 is 1.05 bits per heavy atom. The summed E-state index contributed by atoms with van der Waals surface area (Å²) in [6, 6.07) is 16.6. The molecule has 20 heavy (non-hydrogen) atoms. The third-order valence-corrected chi connectivity index (χ3v) is 2.83. The van der Waals surface area contributed by atoms with Crippen molar-refractivity contribution in [2.75, 3.05) is 5.32 Å². The largest absolute Gasteiger partial charge is 0.459 e. The average molecular weight is 264 g/mol. The van der Waals surface area contributed by atoms with Gasteiger partial charge in [0, 0.05) is 17.4 Å². The Kier molecular flexibility index (Phi) is 3.29. The van der Waals surface area contributed by atoms with Crippen molar-refractivity contribution in [3.8, 4) is 11.3 Å². The molecular weight excluding hydrogens is 252 g/mol. The van der Waals surface area contributed by atoms with E-state index in [4.69, 9.17) is 4.42 Å². The molecule has 3 rings (SSSR count). The first kappa shape index (κ1) is 12.2. The van der Waals surface area contributed by atoms with Gasteiger partial charge in [-0.1, -0.05) is 18.2 Å². The predicted octanol–water partition coefficient (Wildman–Crippen LogP) is 3.59. The average Bonchev–Trinajstić information content (AvgIpc) is 3.03. The molecule has 0 saturated heterocycles. The van der Waals surface area contributed by atoms with Crippen LogP contribution in [0, 0.1) is 0 Å². The Balaban J connectivity index is 1.83. The number of furan rings is 1. The van der Waals surface area contributed by atoms with E-state index >= 15 is 0 Å². The molecule has 0 spiro atoms. The number of aromatic nitrogens is 1. The van der Waals surface area contributed by atoms with Crippen LogP contribution in [0.3, 0.4) is 0 Å². The topological polar surface area (TPSA) is 55.1 Å². The quantitative estimate of drug-likeness (QED) is 0.786. The van der Waals surface area contributed by atoms with Gasteiger partial charge in [0.05, 0.1) is 12.0 Å². The molecule has 0 aliphatic carbocycles. The van der Waals surface area contributed by atoms with Gasteiger partial charge in [-0.05, 0) is 36.4 Å². The molecule has 0 saturated carbocycles. The number of hydrogen-bond donors (Lipinski definition) is 1. The Hall–Kier alpha value is -2.88. The summed E-state index contributed by atoms with van der Waals surface area (Å²) in [4.78, 5) is 16.2. The smallest absolute Gasteiger partial charge is 0.291 e. The fourth-order valence-corrected chi connectivity index (χ4v) is 1.89. The van der Waals surface area contributed by atoms with Crippen LogP contribution in [-0.4, -0.2) is 10.9 Å². The van der Waals surface area contributed by atoms with Gasteiger partial charge in [-0.2, -0.15) is 0 Å². The first-order chi connectivity index (χ1) is 9.83. The maximum atomic E-state index is 11.9. The van der Waals surface area contributed by atoms with Crippen LogP contribution in [0.15, 0.2) is 71.5 Å². The van der Waals surface area contributed by atoms with Crippen LogP contribution in [0.4, 0.5) is 5.69 Å². The lowest BCUT2D eigenvalue weighted by molar-refractivity contribution is 0.0996. The third kappa shape index (κ3) is 2.59. The maximum absolute atomic E-state index is 11.9. The van der Waals surface area contributed by atoms with Gasteiger partial charge in [0.15, 0.2) is 5.76 Å². The molecule has 1 N–H and O–H groups in total. The van der Waals surface area contributed by atoms with Crippen LogP contribution in [0.1, 0.15) is 10.6 Å². The zero-order valence-electron chi connectivity index (χ0n) is 10.6. The molecule has 3 aromatic rings. The summed E-state index contributed by atoms with van der Waals surface area (Å²) < 4.78 is 5.06. The van der Waals surface area contributed by atoms with Crippen molar-refractivity contribution in [3.63, 3.8) is 0 Å². The number of pyridine rings is 1. The molecule has 4 heteroatoms. The van der Waals surface area contributed by atoms with E-state index in [-0.39, 0.29) is 11.7 Å². The molecule has 0 radical (unpaired) electrons. The van der Waals surface area contributed by atoms with Crippen LogP contribution < -0.4 is 5.32 Å². The van der Waals surface area contributed by atoms with Gasteiger partial charge in [-0.15, -0.1) is 0 Å². The SMILES string of the molecule is O=C(Nc1cccc(-c2ccccn2)c1)c1ccco1. The molecule has 0 atom stereocenters. The zero-order chi connectivity index (χ0) is 13.8. The number of nitrogens with one attached hydrogen (secondary N) is 1. The minimum absolute atomic E-state index is 0.270. The summed E-state index contributed by atoms with van der Waals surface area (Å²) in [7, 11) is 0. The van der Waals surface area contributed by atoms with E-state index in [1.54, 1.807) is 18.3 Å². The summed E-state index contributed by atoms with van der Waals surface area (Å²) >= 11 is 0. The van der Waals surface area contributed by atoms with Gasteiger partial charge >= 0.3 is 0 Å². The molecule has 1 aromatic carbocycles. The second-order valence-electron chi connectivity index (χ2n) is 4.23. The summed E-state index contributed by atoms with van der Waals surface area (Å²) in [6.07, 6.45) is 3.21. The van der Waals surface area contributed by atoms with Crippen LogP contribution >= 0.6 is 0 Å².